The van der Waals surface area contributed by atoms with Crippen LogP contribution in [0.15, 0.2) is 169 Å². The fourth-order valence-electron chi connectivity index (χ4n) is 8.54. The highest BCUT2D eigenvalue weighted by Gasteiger charge is 2.31. The van der Waals surface area contributed by atoms with E-state index in [2.05, 4.69) is 16.9 Å². The molecule has 2 aromatic heterocycles. The highest BCUT2D eigenvalue weighted by atomic mass is 32.2. The number of carbonyl (C=O) groups excluding carboxylic acids is 2. The number of benzene rings is 5. The average molecular weight is 986 g/mol. The van der Waals surface area contributed by atoms with Crippen LogP contribution in [0.1, 0.15) is 51.6 Å². The van der Waals surface area contributed by atoms with Crippen molar-refractivity contribution in [3.05, 3.63) is 187 Å². The van der Waals surface area contributed by atoms with E-state index < -0.39 is 20.0 Å². The van der Waals surface area contributed by atoms with Gasteiger partial charge in [-0.25, -0.2) is 14.4 Å². The Bertz CT molecular complexity index is 3110. The van der Waals surface area contributed by atoms with E-state index in [9.17, 15) is 30.8 Å². The minimum Gasteiger partial charge on any atom is -0.366 e. The van der Waals surface area contributed by atoms with E-state index in [-0.39, 0.29) is 40.8 Å². The van der Waals surface area contributed by atoms with Crippen LogP contribution >= 0.6 is 0 Å². The van der Waals surface area contributed by atoms with Crippen LogP contribution < -0.4 is 13.5 Å². The van der Waals surface area contributed by atoms with Crippen molar-refractivity contribution >= 4 is 48.9 Å². The van der Waals surface area contributed by atoms with E-state index in [4.69, 9.17) is 0 Å². The molecule has 18 heteroatoms. The number of rotatable bonds is 13. The molecule has 2 fully saturated rings. The van der Waals surface area contributed by atoms with Crippen molar-refractivity contribution in [2.45, 2.75) is 42.9 Å². The van der Waals surface area contributed by atoms with Crippen LogP contribution in [0.25, 0.3) is 0 Å². The molecule has 0 saturated carbocycles. The van der Waals surface area contributed by atoms with E-state index in [0.29, 0.717) is 60.3 Å². The number of imidazole rings is 2. The smallest absolute Gasteiger partial charge is 0.283 e. The minimum atomic E-state index is -3.95. The van der Waals surface area contributed by atoms with Gasteiger partial charge in [-0.05, 0) is 90.6 Å². The second kappa shape index (κ2) is 21.5. The number of para-hydroxylation sites is 1. The van der Waals surface area contributed by atoms with Gasteiger partial charge in [0.1, 0.15) is 5.82 Å². The molecule has 2 aliphatic rings. The summed E-state index contributed by atoms with van der Waals surface area (Å²) >= 11 is 0. The predicted molar refractivity (Wildman–Crippen MR) is 268 cm³/mol. The average Bonchev–Trinajstić information content (AvgIpc) is 4.04. The Labute approximate surface area is 409 Å². The second-order valence-electron chi connectivity index (χ2n) is 17.6. The number of amides is 2. The first kappa shape index (κ1) is 49.1. The first-order chi connectivity index (χ1) is 33.7. The maximum absolute atomic E-state index is 14.2. The number of anilines is 3. The summed E-state index contributed by atoms with van der Waals surface area (Å²) in [7, 11) is -4.39. The molecule has 4 heterocycles. The van der Waals surface area contributed by atoms with Crippen molar-refractivity contribution in [2.75, 3.05) is 52.8 Å². The molecule has 364 valence electrons. The lowest BCUT2D eigenvalue weighted by Gasteiger charge is -2.36. The van der Waals surface area contributed by atoms with Gasteiger partial charge >= 0.3 is 0 Å². The molecule has 70 heavy (non-hydrogen) atoms. The van der Waals surface area contributed by atoms with Gasteiger partial charge in [-0.2, -0.15) is 16.8 Å². The number of sulfonamides is 2. The molecule has 2 saturated heterocycles. The summed E-state index contributed by atoms with van der Waals surface area (Å²) in [5, 5.41) is -0.0674. The van der Waals surface area contributed by atoms with Crippen molar-refractivity contribution in [3.8, 4) is 0 Å². The Hall–Kier alpha value is -7.31. The quantitative estimate of drug-likeness (QED) is 0.114. The molecule has 2 amide bonds. The van der Waals surface area contributed by atoms with Crippen molar-refractivity contribution in [3.63, 3.8) is 0 Å². The maximum Gasteiger partial charge on any atom is 0.283 e. The topological polar surface area (TPSA) is 154 Å². The zero-order valence-corrected chi connectivity index (χ0v) is 41.0. The van der Waals surface area contributed by atoms with E-state index in [1.54, 1.807) is 94.9 Å². The number of hydrogen-bond donors (Lipinski definition) is 0. The number of carbonyl (C=O) groups is 2. The molecule has 1 unspecified atom stereocenters. The van der Waals surface area contributed by atoms with Gasteiger partial charge in [0.25, 0.3) is 31.9 Å². The van der Waals surface area contributed by atoms with Crippen molar-refractivity contribution in [1.82, 2.24) is 28.9 Å². The fraction of sp³-hybridized carbons (Fsp3) is 0.269. The Kier molecular flexibility index (Phi) is 15.1. The normalized spacial score (nSPS) is 15.2. The second-order valence-corrected chi connectivity index (χ2v) is 21.2. The van der Waals surface area contributed by atoms with Gasteiger partial charge in [0.05, 0.1) is 42.8 Å². The molecule has 5 aromatic carbocycles. The van der Waals surface area contributed by atoms with Gasteiger partial charge in [0, 0.05) is 76.9 Å². The van der Waals surface area contributed by atoms with Crippen molar-refractivity contribution in [2.24, 2.45) is 20.0 Å². The summed E-state index contributed by atoms with van der Waals surface area (Å²) in [5.41, 5.74) is 4.16. The highest BCUT2D eigenvalue weighted by molar-refractivity contribution is 7.93. The molecule has 0 spiro atoms. The number of aryl methyl sites for hydroxylation is 2. The van der Waals surface area contributed by atoms with Gasteiger partial charge in [-0.3, -0.25) is 18.2 Å². The van der Waals surface area contributed by atoms with Crippen LogP contribution in [-0.2, 0) is 47.2 Å². The number of halogens is 1. The lowest BCUT2D eigenvalue weighted by atomic mass is 9.99. The summed E-state index contributed by atoms with van der Waals surface area (Å²) in [6.45, 7) is 5.93. The Morgan fingerprint density at radius 3 is 1.46 bits per heavy atom. The number of likely N-dealkylation sites (tertiary alicyclic amines) is 1. The van der Waals surface area contributed by atoms with E-state index >= 15 is 0 Å². The highest BCUT2D eigenvalue weighted by Crippen LogP contribution is 2.29. The summed E-state index contributed by atoms with van der Waals surface area (Å²) in [6, 6.07) is 38.8. The largest absolute Gasteiger partial charge is 0.366 e. The van der Waals surface area contributed by atoms with Crippen LogP contribution in [0.4, 0.5) is 21.5 Å². The zero-order chi connectivity index (χ0) is 49.4. The zero-order valence-electron chi connectivity index (χ0n) is 39.3. The molecule has 2 aliphatic heterocycles. The first-order valence-electron chi connectivity index (χ1n) is 23.0. The van der Waals surface area contributed by atoms with Gasteiger partial charge in [-0.1, -0.05) is 79.7 Å². The van der Waals surface area contributed by atoms with Gasteiger partial charge in [0.2, 0.25) is 0 Å². The number of piperazine rings is 1. The van der Waals surface area contributed by atoms with Crippen LogP contribution in [-0.4, -0.2) is 96.8 Å². The van der Waals surface area contributed by atoms with Crippen molar-refractivity contribution in [1.29, 1.82) is 0 Å². The molecular weight excluding hydrogens is 930 g/mol. The van der Waals surface area contributed by atoms with Crippen LogP contribution in [0.2, 0.25) is 0 Å². The molecule has 0 bridgehead atoms. The predicted octanol–water partition coefficient (Wildman–Crippen LogP) is 7.60. The SMILES string of the molecule is CC1CCCN(C(=O)c2ccc(N(Cc3ccccc3)S(=O)(=O)c3cn(C)cn3)cc2)C1.Cn1cnc(S(=O)(=O)N(Cc2ccccc2)c2ccc(C(=O)N3CCN(c4ccccc4F)CC3)cc2)c1. The van der Waals surface area contributed by atoms with Crippen LogP contribution in [0.3, 0.4) is 0 Å². The molecule has 0 radical (unpaired) electrons. The van der Waals surface area contributed by atoms with Gasteiger partial charge in [0.15, 0.2) is 10.1 Å². The standard InChI is InChI=1S/C28H28FN5O3S.C24H28N4O3S/c1-31-20-27(30-21-31)38(36,37)34(19-22-7-3-2-4-8-22)24-13-11-23(12-14-24)28(35)33-17-15-32(16-18-33)26-10-6-5-9-25(26)29;1-19-7-6-14-27(15-19)24(29)21-10-12-22(13-11-21)28(16-20-8-4-3-5-9-20)32(30,31)23-17-26(2)18-25-23/h2-14,20-21H,15-19H2,1H3;3-5,8-13,17-19H,6-7,14-16H2,1-2H3. The van der Waals surface area contributed by atoms with E-state index in [1.807, 2.05) is 70.5 Å². The minimum absolute atomic E-state index is 0.00899. The summed E-state index contributed by atoms with van der Waals surface area (Å²) in [6.07, 6.45) is 8.02. The van der Waals surface area contributed by atoms with Crippen LogP contribution in [0, 0.1) is 11.7 Å². The lowest BCUT2D eigenvalue weighted by Crippen LogP contribution is -2.49. The number of nitrogens with zero attached hydrogens (tertiary/aromatic N) is 9. The van der Waals surface area contributed by atoms with Gasteiger partial charge in [-0.15, -0.1) is 0 Å². The molecule has 15 nitrogen and oxygen atoms in total. The van der Waals surface area contributed by atoms with Crippen LogP contribution in [0.5, 0.6) is 0 Å². The molecule has 7 aromatic rings. The Balaban J connectivity index is 0.000000191. The number of hydrogen-bond acceptors (Lipinski definition) is 9. The summed E-state index contributed by atoms with van der Waals surface area (Å²) in [4.78, 5) is 39.8. The summed E-state index contributed by atoms with van der Waals surface area (Å²) < 4.78 is 73.9. The summed E-state index contributed by atoms with van der Waals surface area (Å²) in [5.74, 6) is 0.0673. The number of piperidine rings is 1. The molecule has 0 aliphatic carbocycles. The molecule has 0 N–H and O–H groups in total. The van der Waals surface area contributed by atoms with Gasteiger partial charge < -0.3 is 23.8 Å². The first-order valence-corrected chi connectivity index (χ1v) is 25.9. The third-order valence-electron chi connectivity index (χ3n) is 12.3. The fourth-order valence-corrected chi connectivity index (χ4v) is 11.4. The maximum atomic E-state index is 14.2. The van der Waals surface area contributed by atoms with E-state index in [1.165, 1.54) is 39.7 Å². The lowest BCUT2D eigenvalue weighted by molar-refractivity contribution is 0.0682. The Morgan fingerprint density at radius 2 is 1.03 bits per heavy atom. The molecular formula is C52H56FN9O6S2. The third-order valence-corrected chi connectivity index (χ3v) is 15.6. The Morgan fingerprint density at radius 1 is 0.586 bits per heavy atom. The molecule has 1 atom stereocenters. The van der Waals surface area contributed by atoms with Crippen molar-refractivity contribution < 1.29 is 30.8 Å². The number of aromatic nitrogens is 4. The third kappa shape index (κ3) is 11.4. The monoisotopic (exact) mass is 985 g/mol. The van der Waals surface area contributed by atoms with E-state index in [0.717, 1.165) is 37.1 Å². The molecule has 9 rings (SSSR count).